The van der Waals surface area contributed by atoms with Crippen molar-refractivity contribution in [2.75, 3.05) is 26.3 Å². The maximum atomic E-state index is 12.8. The van der Waals surface area contributed by atoms with E-state index in [9.17, 15) is 14.7 Å². The SMILES string of the molecule is O=C(O)C1CCO[C@H]1C1CCN(C(=O)C2=Cc3ccccc3OC2)CC1. The van der Waals surface area contributed by atoms with E-state index in [4.69, 9.17) is 9.47 Å². The Kier molecular flexibility index (Phi) is 4.68. The molecule has 2 fully saturated rings. The summed E-state index contributed by atoms with van der Waals surface area (Å²) in [6.45, 7) is 2.08. The number of fused-ring (bicyclic) bond motifs is 1. The molecule has 4 rings (SSSR count). The molecule has 3 aliphatic rings. The molecule has 0 aromatic heterocycles. The summed E-state index contributed by atoms with van der Waals surface area (Å²) in [4.78, 5) is 26.0. The van der Waals surface area contributed by atoms with Crippen LogP contribution in [0.3, 0.4) is 0 Å². The van der Waals surface area contributed by atoms with Gasteiger partial charge in [-0.15, -0.1) is 0 Å². The number of carboxylic acid groups (broad SMARTS) is 1. The van der Waals surface area contributed by atoms with Crippen LogP contribution in [0.4, 0.5) is 0 Å². The van der Waals surface area contributed by atoms with E-state index < -0.39 is 11.9 Å². The molecule has 3 aliphatic heterocycles. The minimum Gasteiger partial charge on any atom is -0.488 e. The first kappa shape index (κ1) is 17.1. The average Bonchev–Trinajstić information content (AvgIpc) is 3.17. The number of carbonyl (C=O) groups excluding carboxylic acids is 1. The number of amides is 1. The highest BCUT2D eigenvalue weighted by Gasteiger charge is 2.41. The first-order valence-electron chi connectivity index (χ1n) is 9.19. The Morgan fingerprint density at radius 3 is 2.65 bits per heavy atom. The van der Waals surface area contributed by atoms with Gasteiger partial charge in [-0.25, -0.2) is 0 Å². The molecule has 2 atom stereocenters. The van der Waals surface area contributed by atoms with E-state index in [1.54, 1.807) is 0 Å². The average molecular weight is 357 g/mol. The van der Waals surface area contributed by atoms with Crippen LogP contribution in [0.15, 0.2) is 29.8 Å². The number of rotatable bonds is 3. The van der Waals surface area contributed by atoms with Crippen LogP contribution in [0.2, 0.25) is 0 Å². The largest absolute Gasteiger partial charge is 0.488 e. The molecule has 3 heterocycles. The molecular weight excluding hydrogens is 334 g/mol. The van der Waals surface area contributed by atoms with E-state index in [2.05, 4.69) is 0 Å². The quantitative estimate of drug-likeness (QED) is 0.897. The van der Waals surface area contributed by atoms with Crippen molar-refractivity contribution in [1.82, 2.24) is 4.90 Å². The van der Waals surface area contributed by atoms with Gasteiger partial charge in [-0.2, -0.15) is 0 Å². The number of hydrogen-bond donors (Lipinski definition) is 1. The third-order valence-electron chi connectivity index (χ3n) is 5.65. The first-order chi connectivity index (χ1) is 12.6. The molecule has 26 heavy (non-hydrogen) atoms. The minimum atomic E-state index is -0.769. The van der Waals surface area contributed by atoms with Crippen LogP contribution in [0.5, 0.6) is 5.75 Å². The highest BCUT2D eigenvalue weighted by atomic mass is 16.5. The number of para-hydroxylation sites is 1. The summed E-state index contributed by atoms with van der Waals surface area (Å²) in [7, 11) is 0. The second-order valence-corrected chi connectivity index (χ2v) is 7.19. The van der Waals surface area contributed by atoms with Gasteiger partial charge in [0.05, 0.1) is 17.6 Å². The number of likely N-dealkylation sites (tertiary alicyclic amines) is 1. The van der Waals surface area contributed by atoms with Gasteiger partial charge < -0.3 is 19.5 Å². The predicted octanol–water partition coefficient (Wildman–Crippen LogP) is 2.19. The Labute approximate surface area is 152 Å². The van der Waals surface area contributed by atoms with Gasteiger partial charge in [0.25, 0.3) is 5.91 Å². The van der Waals surface area contributed by atoms with Gasteiger partial charge in [0.15, 0.2) is 0 Å². The van der Waals surface area contributed by atoms with Gasteiger partial charge in [-0.05, 0) is 37.3 Å². The molecular formula is C20H23NO5. The fourth-order valence-electron chi connectivity index (χ4n) is 4.21. The summed E-state index contributed by atoms with van der Waals surface area (Å²) in [6, 6.07) is 7.69. The topological polar surface area (TPSA) is 76.1 Å². The molecule has 1 aromatic rings. The third-order valence-corrected chi connectivity index (χ3v) is 5.65. The van der Waals surface area contributed by atoms with Crippen LogP contribution in [-0.4, -0.2) is 54.3 Å². The molecule has 0 bridgehead atoms. The van der Waals surface area contributed by atoms with Gasteiger partial charge in [0.1, 0.15) is 12.4 Å². The molecule has 0 spiro atoms. The lowest BCUT2D eigenvalue weighted by Gasteiger charge is -2.36. The van der Waals surface area contributed by atoms with Crippen LogP contribution in [0, 0.1) is 11.8 Å². The first-order valence-corrected chi connectivity index (χ1v) is 9.19. The summed E-state index contributed by atoms with van der Waals surface area (Å²) < 4.78 is 11.4. The Hall–Kier alpha value is -2.34. The van der Waals surface area contributed by atoms with Crippen LogP contribution in [0.1, 0.15) is 24.8 Å². The van der Waals surface area contributed by atoms with Gasteiger partial charge >= 0.3 is 5.97 Å². The van der Waals surface area contributed by atoms with Crippen LogP contribution in [0.25, 0.3) is 6.08 Å². The molecule has 6 nitrogen and oxygen atoms in total. The lowest BCUT2D eigenvalue weighted by Crippen LogP contribution is -2.44. The molecule has 1 N–H and O–H groups in total. The Morgan fingerprint density at radius 2 is 1.88 bits per heavy atom. The number of aliphatic carboxylic acids is 1. The normalized spacial score (nSPS) is 26.0. The number of piperidine rings is 1. The summed E-state index contributed by atoms with van der Waals surface area (Å²) in [5.74, 6) is -0.150. The maximum absolute atomic E-state index is 12.8. The van der Waals surface area contributed by atoms with E-state index in [0.29, 0.717) is 38.3 Å². The summed E-state index contributed by atoms with van der Waals surface area (Å²) in [6.07, 6.45) is 3.85. The zero-order chi connectivity index (χ0) is 18.1. The van der Waals surface area contributed by atoms with Crippen molar-refractivity contribution in [2.24, 2.45) is 11.8 Å². The fourth-order valence-corrected chi connectivity index (χ4v) is 4.21. The lowest BCUT2D eigenvalue weighted by molar-refractivity contribution is -0.145. The van der Waals surface area contributed by atoms with Gasteiger partial charge in [0, 0.05) is 25.3 Å². The Bertz CT molecular complexity index is 735. The molecule has 1 aromatic carbocycles. The molecule has 1 unspecified atom stereocenters. The van der Waals surface area contributed by atoms with Crippen LogP contribution in [-0.2, 0) is 14.3 Å². The Balaban J connectivity index is 1.39. The van der Waals surface area contributed by atoms with E-state index >= 15 is 0 Å². The second-order valence-electron chi connectivity index (χ2n) is 7.19. The minimum absolute atomic E-state index is 0.0140. The monoisotopic (exact) mass is 357 g/mol. The molecule has 0 saturated carbocycles. The number of carboxylic acids is 1. The van der Waals surface area contributed by atoms with E-state index in [1.807, 2.05) is 35.2 Å². The highest BCUT2D eigenvalue weighted by molar-refractivity contribution is 5.99. The van der Waals surface area contributed by atoms with Crippen LogP contribution < -0.4 is 4.74 Å². The number of ether oxygens (including phenoxy) is 2. The molecule has 6 heteroatoms. The van der Waals surface area contributed by atoms with Crippen molar-refractivity contribution in [3.63, 3.8) is 0 Å². The third kappa shape index (κ3) is 3.21. The molecule has 0 aliphatic carbocycles. The van der Waals surface area contributed by atoms with Crippen molar-refractivity contribution >= 4 is 18.0 Å². The number of hydrogen-bond acceptors (Lipinski definition) is 4. The molecule has 0 radical (unpaired) electrons. The van der Waals surface area contributed by atoms with Crippen molar-refractivity contribution in [3.8, 4) is 5.75 Å². The molecule has 1 amide bonds. The second kappa shape index (κ2) is 7.11. The van der Waals surface area contributed by atoms with E-state index in [1.165, 1.54) is 0 Å². The smallest absolute Gasteiger partial charge is 0.309 e. The van der Waals surface area contributed by atoms with Crippen molar-refractivity contribution in [3.05, 3.63) is 35.4 Å². The highest BCUT2D eigenvalue weighted by Crippen LogP contribution is 2.34. The maximum Gasteiger partial charge on any atom is 0.309 e. The van der Waals surface area contributed by atoms with Crippen molar-refractivity contribution in [2.45, 2.75) is 25.4 Å². The molecule has 138 valence electrons. The summed E-state index contributed by atoms with van der Waals surface area (Å²) >= 11 is 0. The van der Waals surface area contributed by atoms with Crippen molar-refractivity contribution < 1.29 is 24.2 Å². The Morgan fingerprint density at radius 1 is 1.12 bits per heavy atom. The number of carbonyl (C=O) groups is 2. The van der Waals surface area contributed by atoms with Gasteiger partial charge in [-0.3, -0.25) is 9.59 Å². The number of nitrogens with zero attached hydrogens (tertiary/aromatic N) is 1. The summed E-state index contributed by atoms with van der Waals surface area (Å²) in [5, 5.41) is 9.34. The van der Waals surface area contributed by atoms with E-state index in [0.717, 1.165) is 24.2 Å². The van der Waals surface area contributed by atoms with Gasteiger partial charge in [-0.1, -0.05) is 18.2 Å². The zero-order valence-electron chi connectivity index (χ0n) is 14.6. The predicted molar refractivity (Wildman–Crippen MR) is 94.7 cm³/mol. The van der Waals surface area contributed by atoms with Crippen molar-refractivity contribution in [1.29, 1.82) is 0 Å². The van der Waals surface area contributed by atoms with Crippen LogP contribution >= 0.6 is 0 Å². The van der Waals surface area contributed by atoms with E-state index in [-0.39, 0.29) is 17.9 Å². The zero-order valence-corrected chi connectivity index (χ0v) is 14.6. The number of benzene rings is 1. The fraction of sp³-hybridized carbons (Fsp3) is 0.500. The summed E-state index contributed by atoms with van der Waals surface area (Å²) in [5.41, 5.74) is 1.60. The molecule has 2 saturated heterocycles. The van der Waals surface area contributed by atoms with Gasteiger partial charge in [0.2, 0.25) is 0 Å². The lowest BCUT2D eigenvalue weighted by atomic mass is 9.84. The standard InChI is InChI=1S/C20H23NO5/c22-19(15-11-14-3-1-2-4-17(14)26-12-15)21-8-5-13(6-9-21)18-16(20(23)24)7-10-25-18/h1-4,11,13,16,18H,5-10,12H2,(H,23,24)/t16?,18-/m0/s1.